The number of fused-ring (bicyclic) bond motifs is 1. The molecule has 0 saturated heterocycles. The molecular weight excluding hydrogens is 406 g/mol. The minimum atomic E-state index is -1.23. The second-order valence-corrected chi connectivity index (χ2v) is 8.21. The number of hydrogen-bond donors (Lipinski definition) is 2. The zero-order chi connectivity index (χ0) is 21.7. The van der Waals surface area contributed by atoms with Gasteiger partial charge >= 0.3 is 11.9 Å². The van der Waals surface area contributed by atoms with E-state index < -0.39 is 11.9 Å². The lowest BCUT2D eigenvalue weighted by molar-refractivity contribution is 0.0651. The van der Waals surface area contributed by atoms with E-state index in [1.54, 1.807) is 24.3 Å². The predicted molar refractivity (Wildman–Crippen MR) is 112 cm³/mol. The van der Waals surface area contributed by atoms with Gasteiger partial charge in [0.1, 0.15) is 0 Å². The molecule has 1 aliphatic heterocycles. The van der Waals surface area contributed by atoms with E-state index in [0.717, 1.165) is 12.8 Å². The van der Waals surface area contributed by atoms with Crippen LogP contribution < -0.4 is 0 Å². The SMILES string of the molecule is O=C(O)c1ccccc1C(=O)O.O=C1c2ccccc2C(=O)N1SC1CCCCC1. The zero-order valence-electron chi connectivity index (χ0n) is 16.1. The fraction of sp³-hybridized carbons (Fsp3) is 0.273. The Bertz CT molecular complexity index is 915. The van der Waals surface area contributed by atoms with Crippen molar-refractivity contribution in [3.05, 3.63) is 70.8 Å². The Morgan fingerprint density at radius 2 is 1.20 bits per heavy atom. The van der Waals surface area contributed by atoms with Gasteiger partial charge in [-0.05, 0) is 49.1 Å². The molecule has 30 heavy (non-hydrogen) atoms. The molecule has 0 aromatic heterocycles. The number of imide groups is 1. The van der Waals surface area contributed by atoms with Crippen molar-refractivity contribution in [1.29, 1.82) is 0 Å². The van der Waals surface area contributed by atoms with E-state index in [9.17, 15) is 19.2 Å². The highest BCUT2D eigenvalue weighted by molar-refractivity contribution is 7.98. The third-order valence-corrected chi connectivity index (χ3v) is 6.26. The minimum Gasteiger partial charge on any atom is -0.478 e. The largest absolute Gasteiger partial charge is 0.478 e. The van der Waals surface area contributed by atoms with Crippen LogP contribution in [-0.2, 0) is 0 Å². The van der Waals surface area contributed by atoms with Gasteiger partial charge in [-0.25, -0.2) is 13.9 Å². The number of carboxylic acids is 2. The topological polar surface area (TPSA) is 112 Å². The van der Waals surface area contributed by atoms with Crippen molar-refractivity contribution in [2.75, 3.05) is 0 Å². The quantitative estimate of drug-likeness (QED) is 0.551. The lowest BCUT2D eigenvalue weighted by Gasteiger charge is -2.24. The molecule has 0 spiro atoms. The number of hydrogen-bond acceptors (Lipinski definition) is 5. The van der Waals surface area contributed by atoms with Crippen molar-refractivity contribution in [2.45, 2.75) is 37.4 Å². The van der Waals surface area contributed by atoms with E-state index >= 15 is 0 Å². The summed E-state index contributed by atoms with van der Waals surface area (Å²) < 4.78 is 1.36. The highest BCUT2D eigenvalue weighted by Crippen LogP contribution is 2.35. The monoisotopic (exact) mass is 427 g/mol. The van der Waals surface area contributed by atoms with Gasteiger partial charge in [-0.1, -0.05) is 43.5 Å². The van der Waals surface area contributed by atoms with Gasteiger partial charge in [-0.3, -0.25) is 9.59 Å². The maximum absolute atomic E-state index is 12.2. The van der Waals surface area contributed by atoms with Crippen LogP contribution in [0.1, 0.15) is 73.5 Å². The molecule has 1 saturated carbocycles. The number of nitrogens with zero attached hydrogens (tertiary/aromatic N) is 1. The lowest BCUT2D eigenvalue weighted by Crippen LogP contribution is -2.26. The summed E-state index contributed by atoms with van der Waals surface area (Å²) in [6.07, 6.45) is 5.91. The van der Waals surface area contributed by atoms with E-state index in [1.807, 2.05) is 0 Å². The fourth-order valence-electron chi connectivity index (χ4n) is 3.44. The summed E-state index contributed by atoms with van der Waals surface area (Å²) in [6.45, 7) is 0. The molecule has 2 N–H and O–H groups in total. The van der Waals surface area contributed by atoms with E-state index in [-0.39, 0.29) is 22.9 Å². The third kappa shape index (κ3) is 4.71. The van der Waals surface area contributed by atoms with Crippen LogP contribution in [0, 0.1) is 0 Å². The molecular formula is C22H21NO6S. The Labute approximate surface area is 177 Å². The summed E-state index contributed by atoms with van der Waals surface area (Å²) in [5.74, 6) is -2.75. The van der Waals surface area contributed by atoms with Crippen molar-refractivity contribution >= 4 is 35.7 Å². The predicted octanol–water partition coefficient (Wildman–Crippen LogP) is 4.35. The standard InChI is InChI=1S/C14H15NO2S.C8H6O4/c16-13-11-8-4-5-9-12(11)14(17)15(13)18-10-6-2-1-3-7-10;9-7(10)5-3-1-2-4-6(5)8(11)12/h4-5,8-10H,1-3,6-7H2;1-4H,(H,9,10)(H,11,12). The molecule has 0 bridgehead atoms. The molecule has 1 aliphatic carbocycles. The van der Waals surface area contributed by atoms with E-state index in [1.165, 1.54) is 59.8 Å². The molecule has 0 radical (unpaired) electrons. The van der Waals surface area contributed by atoms with Gasteiger partial charge in [0.05, 0.1) is 22.3 Å². The Hall–Kier alpha value is -3.13. The first-order valence-electron chi connectivity index (χ1n) is 9.60. The first kappa shape index (κ1) is 21.6. The third-order valence-electron chi connectivity index (χ3n) is 4.95. The van der Waals surface area contributed by atoms with Gasteiger partial charge in [-0.2, -0.15) is 0 Å². The first-order valence-corrected chi connectivity index (χ1v) is 10.4. The minimum absolute atomic E-state index is 0.147. The summed E-state index contributed by atoms with van der Waals surface area (Å²) >= 11 is 1.44. The Balaban J connectivity index is 0.000000187. The molecule has 1 heterocycles. The van der Waals surface area contributed by atoms with Crippen LogP contribution in [-0.4, -0.2) is 43.5 Å². The number of carbonyl (C=O) groups excluding carboxylic acids is 2. The molecule has 156 valence electrons. The van der Waals surface area contributed by atoms with Crippen LogP contribution in [0.4, 0.5) is 0 Å². The van der Waals surface area contributed by atoms with Crippen LogP contribution in [0.3, 0.4) is 0 Å². The fourth-order valence-corrected chi connectivity index (χ4v) is 4.67. The number of carboxylic acid groups (broad SMARTS) is 2. The van der Waals surface area contributed by atoms with Crippen molar-refractivity contribution in [3.8, 4) is 0 Å². The summed E-state index contributed by atoms with van der Waals surface area (Å²) in [7, 11) is 0. The highest BCUT2D eigenvalue weighted by Gasteiger charge is 2.37. The van der Waals surface area contributed by atoms with Crippen molar-refractivity contribution in [2.24, 2.45) is 0 Å². The second kappa shape index (κ2) is 9.58. The Morgan fingerprint density at radius 3 is 1.63 bits per heavy atom. The van der Waals surface area contributed by atoms with Crippen LogP contribution in [0.15, 0.2) is 48.5 Å². The second-order valence-electron chi connectivity index (χ2n) is 6.97. The molecule has 1 fully saturated rings. The van der Waals surface area contributed by atoms with Gasteiger partial charge in [0, 0.05) is 5.25 Å². The van der Waals surface area contributed by atoms with E-state index in [0.29, 0.717) is 16.4 Å². The van der Waals surface area contributed by atoms with Gasteiger partial charge in [-0.15, -0.1) is 0 Å². The molecule has 0 atom stereocenters. The average molecular weight is 427 g/mol. The Kier molecular flexibility index (Phi) is 6.89. The van der Waals surface area contributed by atoms with Crippen LogP contribution in [0.2, 0.25) is 0 Å². The summed E-state index contributed by atoms with van der Waals surface area (Å²) in [4.78, 5) is 45.3. The lowest BCUT2D eigenvalue weighted by atomic mass is 10.0. The summed E-state index contributed by atoms with van der Waals surface area (Å²) in [5.41, 5.74) is 0.714. The maximum Gasteiger partial charge on any atom is 0.336 e. The van der Waals surface area contributed by atoms with Crippen LogP contribution >= 0.6 is 11.9 Å². The molecule has 2 aliphatic rings. The van der Waals surface area contributed by atoms with Crippen molar-refractivity contribution in [3.63, 3.8) is 0 Å². The zero-order valence-corrected chi connectivity index (χ0v) is 16.9. The Morgan fingerprint density at radius 1 is 0.767 bits per heavy atom. The number of amides is 2. The smallest absolute Gasteiger partial charge is 0.336 e. The first-order chi connectivity index (χ1) is 14.4. The molecule has 2 aromatic carbocycles. The van der Waals surface area contributed by atoms with Crippen LogP contribution in [0.25, 0.3) is 0 Å². The molecule has 0 unspecified atom stereocenters. The number of aromatic carboxylic acids is 2. The normalized spacial score (nSPS) is 15.9. The average Bonchev–Trinajstić information content (AvgIpc) is 3.00. The number of benzene rings is 2. The van der Waals surface area contributed by atoms with E-state index in [2.05, 4.69) is 0 Å². The molecule has 7 nitrogen and oxygen atoms in total. The number of rotatable bonds is 4. The van der Waals surface area contributed by atoms with Crippen molar-refractivity contribution in [1.82, 2.24) is 4.31 Å². The van der Waals surface area contributed by atoms with Gasteiger partial charge in [0.25, 0.3) is 11.8 Å². The van der Waals surface area contributed by atoms with Gasteiger partial charge < -0.3 is 10.2 Å². The molecule has 2 amide bonds. The van der Waals surface area contributed by atoms with E-state index in [4.69, 9.17) is 10.2 Å². The summed E-state index contributed by atoms with van der Waals surface area (Å²) in [6, 6.07) is 12.6. The highest BCUT2D eigenvalue weighted by atomic mass is 32.2. The number of carbonyl (C=O) groups is 4. The molecule has 4 rings (SSSR count). The van der Waals surface area contributed by atoms with Crippen LogP contribution in [0.5, 0.6) is 0 Å². The maximum atomic E-state index is 12.2. The van der Waals surface area contributed by atoms with Crippen molar-refractivity contribution < 1.29 is 29.4 Å². The van der Waals surface area contributed by atoms with Gasteiger partial charge in [0.15, 0.2) is 0 Å². The molecule has 8 heteroatoms. The molecule has 2 aromatic rings. The summed E-state index contributed by atoms with van der Waals surface area (Å²) in [5, 5.41) is 17.5. The van der Waals surface area contributed by atoms with Gasteiger partial charge in [0.2, 0.25) is 0 Å².